The number of aliphatic hydroxyl groups excluding tert-OH is 1. The largest absolute Gasteiger partial charge is 0.466 e. The fourth-order valence-electron chi connectivity index (χ4n) is 1.19. The van der Waals surface area contributed by atoms with E-state index in [2.05, 4.69) is 6.92 Å². The van der Waals surface area contributed by atoms with Crippen LogP contribution in [-0.2, 0) is 9.53 Å². The maximum Gasteiger partial charge on any atom is 0.308 e. The molecule has 0 radical (unpaired) electrons. The molecule has 1 atom stereocenters. The number of carbonyl (C=O) groups excluding carboxylic acids is 1. The molecule has 0 bridgehead atoms. The van der Waals surface area contributed by atoms with Crippen molar-refractivity contribution in [2.75, 3.05) is 6.61 Å². The van der Waals surface area contributed by atoms with Crippen LogP contribution in [0.2, 0.25) is 0 Å². The summed E-state index contributed by atoms with van der Waals surface area (Å²) in [6.07, 6.45) is 5.26. The van der Waals surface area contributed by atoms with Crippen molar-refractivity contribution < 1.29 is 14.6 Å². The Hall–Kier alpha value is -0.570. The van der Waals surface area contributed by atoms with Crippen LogP contribution < -0.4 is 0 Å². The SMILES string of the molecule is CCCCCCCOC(=O)C[C@@H](C)O. The summed E-state index contributed by atoms with van der Waals surface area (Å²) >= 11 is 0. The Morgan fingerprint density at radius 2 is 1.93 bits per heavy atom. The van der Waals surface area contributed by atoms with Gasteiger partial charge < -0.3 is 9.84 Å². The van der Waals surface area contributed by atoms with Crippen LogP contribution in [0, 0.1) is 0 Å². The van der Waals surface area contributed by atoms with E-state index in [1.807, 2.05) is 0 Å². The van der Waals surface area contributed by atoms with Gasteiger partial charge in [0.1, 0.15) is 0 Å². The van der Waals surface area contributed by atoms with Crippen LogP contribution in [0.1, 0.15) is 52.4 Å². The average Bonchev–Trinajstić information content (AvgIpc) is 2.10. The van der Waals surface area contributed by atoms with E-state index in [1.54, 1.807) is 6.92 Å². The third kappa shape index (κ3) is 9.52. The zero-order valence-electron chi connectivity index (χ0n) is 9.29. The first-order valence-corrected chi connectivity index (χ1v) is 5.50. The molecule has 3 nitrogen and oxygen atoms in total. The predicted molar refractivity (Wildman–Crippen MR) is 56.0 cm³/mol. The van der Waals surface area contributed by atoms with Crippen LogP contribution in [-0.4, -0.2) is 23.8 Å². The number of aliphatic hydroxyl groups is 1. The van der Waals surface area contributed by atoms with E-state index in [-0.39, 0.29) is 12.4 Å². The lowest BCUT2D eigenvalue weighted by Crippen LogP contribution is -2.13. The van der Waals surface area contributed by atoms with Crippen molar-refractivity contribution in [2.45, 2.75) is 58.5 Å². The molecule has 0 aliphatic rings. The highest BCUT2D eigenvalue weighted by atomic mass is 16.5. The minimum absolute atomic E-state index is 0.106. The molecule has 0 unspecified atom stereocenters. The average molecular weight is 202 g/mol. The standard InChI is InChI=1S/C11H22O3/c1-3-4-5-6-7-8-14-11(13)9-10(2)12/h10,12H,3-9H2,1-2H3/t10-/m1/s1. The van der Waals surface area contributed by atoms with Crippen molar-refractivity contribution in [3.05, 3.63) is 0 Å². The number of rotatable bonds is 8. The van der Waals surface area contributed by atoms with Crippen molar-refractivity contribution in [1.82, 2.24) is 0 Å². The highest BCUT2D eigenvalue weighted by Gasteiger charge is 2.06. The maximum atomic E-state index is 11.0. The minimum Gasteiger partial charge on any atom is -0.466 e. The summed E-state index contributed by atoms with van der Waals surface area (Å²) < 4.78 is 4.93. The fourth-order valence-corrected chi connectivity index (χ4v) is 1.19. The van der Waals surface area contributed by atoms with Crippen LogP contribution in [0.25, 0.3) is 0 Å². The number of hydrogen-bond acceptors (Lipinski definition) is 3. The van der Waals surface area contributed by atoms with Gasteiger partial charge in [-0.25, -0.2) is 0 Å². The summed E-state index contributed by atoms with van der Waals surface area (Å²) in [5.74, 6) is -0.296. The molecule has 0 fully saturated rings. The molecule has 0 aromatic rings. The summed E-state index contributed by atoms with van der Waals surface area (Å²) in [6, 6.07) is 0. The predicted octanol–water partition coefficient (Wildman–Crippen LogP) is 2.27. The molecule has 84 valence electrons. The van der Waals surface area contributed by atoms with E-state index in [0.29, 0.717) is 6.61 Å². The first-order chi connectivity index (χ1) is 6.66. The summed E-state index contributed by atoms with van der Waals surface area (Å²) in [5.41, 5.74) is 0. The van der Waals surface area contributed by atoms with Crippen LogP contribution >= 0.6 is 0 Å². The maximum absolute atomic E-state index is 11.0. The Bertz CT molecular complexity index is 143. The molecule has 0 amide bonds. The second-order valence-electron chi connectivity index (χ2n) is 3.69. The van der Waals surface area contributed by atoms with Gasteiger partial charge in [-0.05, 0) is 13.3 Å². The van der Waals surface area contributed by atoms with Crippen molar-refractivity contribution >= 4 is 5.97 Å². The molecule has 0 spiro atoms. The molecule has 0 rings (SSSR count). The molecule has 3 heteroatoms. The van der Waals surface area contributed by atoms with E-state index in [1.165, 1.54) is 19.3 Å². The summed E-state index contributed by atoms with van der Waals surface area (Å²) in [6.45, 7) is 4.25. The first-order valence-electron chi connectivity index (χ1n) is 5.50. The fraction of sp³-hybridized carbons (Fsp3) is 0.909. The molecule has 0 aliphatic heterocycles. The molecule has 14 heavy (non-hydrogen) atoms. The van der Waals surface area contributed by atoms with Crippen molar-refractivity contribution in [3.63, 3.8) is 0 Å². The van der Waals surface area contributed by atoms with Crippen molar-refractivity contribution in [1.29, 1.82) is 0 Å². The topological polar surface area (TPSA) is 46.5 Å². The Kier molecular flexibility index (Phi) is 8.64. The number of esters is 1. The lowest BCUT2D eigenvalue weighted by Gasteiger charge is -2.05. The Balaban J connectivity index is 3.15. The van der Waals surface area contributed by atoms with E-state index in [4.69, 9.17) is 9.84 Å². The van der Waals surface area contributed by atoms with Gasteiger partial charge in [0.2, 0.25) is 0 Å². The summed E-state index contributed by atoms with van der Waals surface area (Å²) in [4.78, 5) is 11.0. The number of ether oxygens (including phenoxy) is 1. The van der Waals surface area contributed by atoms with E-state index >= 15 is 0 Å². The quantitative estimate of drug-likeness (QED) is 0.485. The van der Waals surface area contributed by atoms with Gasteiger partial charge in [-0.15, -0.1) is 0 Å². The van der Waals surface area contributed by atoms with Gasteiger partial charge in [0.05, 0.1) is 19.1 Å². The number of unbranched alkanes of at least 4 members (excludes halogenated alkanes) is 4. The molecular formula is C11H22O3. The normalized spacial score (nSPS) is 12.5. The van der Waals surface area contributed by atoms with Gasteiger partial charge in [0, 0.05) is 0 Å². The molecule has 0 saturated carbocycles. The zero-order chi connectivity index (χ0) is 10.8. The van der Waals surface area contributed by atoms with Gasteiger partial charge in [-0.2, -0.15) is 0 Å². The van der Waals surface area contributed by atoms with Gasteiger partial charge in [-0.1, -0.05) is 32.6 Å². The van der Waals surface area contributed by atoms with Crippen LogP contribution in [0.3, 0.4) is 0 Å². The third-order valence-corrected chi connectivity index (χ3v) is 1.97. The van der Waals surface area contributed by atoms with Gasteiger partial charge >= 0.3 is 5.97 Å². The molecule has 1 N–H and O–H groups in total. The summed E-state index contributed by atoms with van der Waals surface area (Å²) in [5, 5.41) is 8.89. The lowest BCUT2D eigenvalue weighted by atomic mass is 10.2. The number of carbonyl (C=O) groups is 1. The monoisotopic (exact) mass is 202 g/mol. The van der Waals surface area contributed by atoms with Crippen LogP contribution in [0.5, 0.6) is 0 Å². The molecule has 0 heterocycles. The van der Waals surface area contributed by atoms with Gasteiger partial charge in [0.25, 0.3) is 0 Å². The Morgan fingerprint density at radius 3 is 2.50 bits per heavy atom. The van der Waals surface area contributed by atoms with Crippen LogP contribution in [0.15, 0.2) is 0 Å². The second-order valence-corrected chi connectivity index (χ2v) is 3.69. The zero-order valence-corrected chi connectivity index (χ0v) is 9.29. The van der Waals surface area contributed by atoms with Gasteiger partial charge in [0.15, 0.2) is 0 Å². The van der Waals surface area contributed by atoms with Crippen LogP contribution in [0.4, 0.5) is 0 Å². The molecule has 0 aliphatic carbocycles. The molecule has 0 saturated heterocycles. The summed E-state index contributed by atoms with van der Waals surface area (Å²) in [7, 11) is 0. The highest BCUT2D eigenvalue weighted by molar-refractivity contribution is 5.69. The van der Waals surface area contributed by atoms with Gasteiger partial charge in [-0.3, -0.25) is 4.79 Å². The lowest BCUT2D eigenvalue weighted by molar-refractivity contribution is -0.145. The minimum atomic E-state index is -0.595. The second kappa shape index (κ2) is 9.00. The molecular weight excluding hydrogens is 180 g/mol. The van der Waals surface area contributed by atoms with Crippen molar-refractivity contribution in [2.24, 2.45) is 0 Å². The first kappa shape index (κ1) is 13.4. The Morgan fingerprint density at radius 1 is 1.29 bits per heavy atom. The molecule has 0 aromatic heterocycles. The number of hydrogen-bond donors (Lipinski definition) is 1. The van der Waals surface area contributed by atoms with Crippen molar-refractivity contribution in [3.8, 4) is 0 Å². The highest BCUT2D eigenvalue weighted by Crippen LogP contribution is 2.03. The van der Waals surface area contributed by atoms with E-state index < -0.39 is 6.10 Å². The third-order valence-electron chi connectivity index (χ3n) is 1.97. The van der Waals surface area contributed by atoms with E-state index in [0.717, 1.165) is 12.8 Å². The van der Waals surface area contributed by atoms with E-state index in [9.17, 15) is 4.79 Å². The smallest absolute Gasteiger partial charge is 0.308 e. The Labute approximate surface area is 86.5 Å². The molecule has 0 aromatic carbocycles.